The highest BCUT2D eigenvalue weighted by molar-refractivity contribution is 5.77. The van der Waals surface area contributed by atoms with Crippen LogP contribution in [0.15, 0.2) is 73.1 Å². The summed E-state index contributed by atoms with van der Waals surface area (Å²) >= 11 is 0. The molecule has 1 spiro atoms. The van der Waals surface area contributed by atoms with E-state index < -0.39 is 5.60 Å². The molecule has 2 atom stereocenters. The summed E-state index contributed by atoms with van der Waals surface area (Å²) in [6.45, 7) is 1.92. The van der Waals surface area contributed by atoms with Gasteiger partial charge in [-0.3, -0.25) is 4.90 Å². The Bertz CT molecular complexity index is 1540. The number of carbonyl (C=O) groups excluding carboxylic acids is 1. The van der Waals surface area contributed by atoms with Crippen LogP contribution in [0.25, 0.3) is 22.2 Å². The van der Waals surface area contributed by atoms with Gasteiger partial charge in [0.25, 0.3) is 0 Å². The van der Waals surface area contributed by atoms with Gasteiger partial charge in [0.1, 0.15) is 11.4 Å². The van der Waals surface area contributed by atoms with Gasteiger partial charge in [-0.05, 0) is 84.7 Å². The minimum atomic E-state index is -0.446. The molecule has 0 radical (unpaired) electrons. The van der Waals surface area contributed by atoms with Crippen molar-refractivity contribution in [3.8, 4) is 22.9 Å². The van der Waals surface area contributed by atoms with E-state index >= 15 is 0 Å². The largest absolute Gasteiger partial charge is 0.497 e. The Morgan fingerprint density at radius 2 is 1.97 bits per heavy atom. The molecule has 7 nitrogen and oxygen atoms in total. The number of aromatic nitrogens is 2. The lowest BCUT2D eigenvalue weighted by Crippen LogP contribution is -2.40. The van der Waals surface area contributed by atoms with Crippen LogP contribution < -0.4 is 4.74 Å². The number of amides is 1. The van der Waals surface area contributed by atoms with Crippen molar-refractivity contribution in [1.29, 1.82) is 5.26 Å². The summed E-state index contributed by atoms with van der Waals surface area (Å²) in [6.07, 6.45) is 5.45. The quantitative estimate of drug-likeness (QED) is 0.313. The minimum absolute atomic E-state index is 0.232. The van der Waals surface area contributed by atoms with Crippen molar-refractivity contribution in [2.45, 2.75) is 44.4 Å². The molecule has 38 heavy (non-hydrogen) atoms. The first-order chi connectivity index (χ1) is 18.5. The number of fused-ring (bicyclic) bond motifs is 1. The third-order valence-corrected chi connectivity index (χ3v) is 7.86. The Morgan fingerprint density at radius 1 is 1.13 bits per heavy atom. The molecule has 4 aromatic rings. The lowest BCUT2D eigenvalue weighted by molar-refractivity contribution is 0.00415. The molecule has 1 aliphatic heterocycles. The van der Waals surface area contributed by atoms with Gasteiger partial charge in [-0.25, -0.2) is 9.78 Å². The summed E-state index contributed by atoms with van der Waals surface area (Å²) in [4.78, 5) is 19.4. The zero-order valence-corrected chi connectivity index (χ0v) is 21.5. The van der Waals surface area contributed by atoms with Crippen molar-refractivity contribution >= 4 is 17.1 Å². The summed E-state index contributed by atoms with van der Waals surface area (Å²) in [7, 11) is 1.67. The van der Waals surface area contributed by atoms with Crippen molar-refractivity contribution in [1.82, 2.24) is 14.5 Å². The molecule has 0 unspecified atom stereocenters. The number of nitriles is 1. The molecule has 6 rings (SSSR count). The van der Waals surface area contributed by atoms with E-state index in [4.69, 9.17) is 9.47 Å². The van der Waals surface area contributed by atoms with Crippen LogP contribution in [0, 0.1) is 17.2 Å². The van der Waals surface area contributed by atoms with Gasteiger partial charge in [0.2, 0.25) is 0 Å². The highest BCUT2D eigenvalue weighted by Gasteiger charge is 2.47. The SMILES string of the molecule is COc1cccc(-c2cccc(CN3C[C@@]4(CCC[C@H](Cn5cnc6ccc(C#N)cc65)C4)OC3=O)c2)c1. The summed E-state index contributed by atoms with van der Waals surface area (Å²) in [5, 5.41) is 9.30. The van der Waals surface area contributed by atoms with E-state index in [0.717, 1.165) is 65.7 Å². The summed E-state index contributed by atoms with van der Waals surface area (Å²) < 4.78 is 13.6. The molecule has 0 N–H and O–H groups in total. The maximum atomic E-state index is 13.0. The molecule has 1 saturated carbocycles. The van der Waals surface area contributed by atoms with Crippen LogP contribution in [0.3, 0.4) is 0 Å². The number of ether oxygens (including phenoxy) is 2. The van der Waals surface area contributed by atoms with Gasteiger partial charge in [0, 0.05) is 13.1 Å². The lowest BCUT2D eigenvalue weighted by atomic mass is 9.78. The second-order valence-electron chi connectivity index (χ2n) is 10.5. The van der Waals surface area contributed by atoms with Crippen molar-refractivity contribution in [3.63, 3.8) is 0 Å². The van der Waals surface area contributed by atoms with Crippen molar-refractivity contribution < 1.29 is 14.3 Å². The molecule has 7 heteroatoms. The predicted octanol–water partition coefficient (Wildman–Crippen LogP) is 6.16. The van der Waals surface area contributed by atoms with Crippen LogP contribution in [0.2, 0.25) is 0 Å². The second-order valence-corrected chi connectivity index (χ2v) is 10.5. The molecule has 192 valence electrons. The van der Waals surface area contributed by atoms with Gasteiger partial charge < -0.3 is 14.0 Å². The number of nitrogens with zero attached hydrogens (tertiary/aromatic N) is 4. The molecule has 2 aliphatic rings. The van der Waals surface area contributed by atoms with Gasteiger partial charge >= 0.3 is 6.09 Å². The second kappa shape index (κ2) is 9.86. The van der Waals surface area contributed by atoms with Gasteiger partial charge in [0.05, 0.1) is 42.6 Å². The zero-order valence-electron chi connectivity index (χ0n) is 21.5. The predicted molar refractivity (Wildman–Crippen MR) is 144 cm³/mol. The molecule has 1 aliphatic carbocycles. The normalized spacial score (nSPS) is 21.0. The van der Waals surface area contributed by atoms with Gasteiger partial charge in [-0.2, -0.15) is 5.26 Å². The molecule has 1 aromatic heterocycles. The molecular formula is C31H30N4O3. The van der Waals surface area contributed by atoms with E-state index in [-0.39, 0.29) is 6.09 Å². The third kappa shape index (κ3) is 4.70. The van der Waals surface area contributed by atoms with Gasteiger partial charge in [-0.15, -0.1) is 0 Å². The van der Waals surface area contributed by atoms with Crippen LogP contribution in [-0.2, 0) is 17.8 Å². The summed E-state index contributed by atoms with van der Waals surface area (Å²) in [5.41, 5.74) is 5.30. The Balaban J connectivity index is 1.15. The number of carbonyl (C=O) groups is 1. The third-order valence-electron chi connectivity index (χ3n) is 7.86. The van der Waals surface area contributed by atoms with Gasteiger partial charge in [0.15, 0.2) is 0 Å². The standard InChI is InChI=1S/C31H30N4O3/c1-37-27-9-3-8-26(15-27)25-7-2-5-23(13-25)18-34-20-31(38-30(34)36)12-4-6-24(16-31)19-35-21-33-28-11-10-22(17-32)14-29(28)35/h2-3,5,7-11,13-15,21,24H,4,6,12,16,18-20H2,1H3/t24-,31-/m0/s1. The number of imidazole rings is 1. The monoisotopic (exact) mass is 506 g/mol. The Hall–Kier alpha value is -4.31. The molecule has 1 saturated heterocycles. The van der Waals surface area contributed by atoms with Crippen molar-refractivity contribution in [3.05, 3.63) is 84.2 Å². The van der Waals surface area contributed by atoms with Crippen LogP contribution in [-0.4, -0.2) is 39.8 Å². The minimum Gasteiger partial charge on any atom is -0.497 e. The molecule has 2 fully saturated rings. The maximum Gasteiger partial charge on any atom is 0.410 e. The van der Waals surface area contributed by atoms with E-state index in [2.05, 4.69) is 39.9 Å². The number of benzene rings is 3. The van der Waals surface area contributed by atoms with E-state index in [9.17, 15) is 10.1 Å². The average molecular weight is 507 g/mol. The first-order valence-corrected chi connectivity index (χ1v) is 13.1. The highest BCUT2D eigenvalue weighted by Crippen LogP contribution is 2.41. The van der Waals surface area contributed by atoms with E-state index in [1.807, 2.05) is 47.6 Å². The Labute approximate surface area is 222 Å². The molecule has 1 amide bonds. The van der Waals surface area contributed by atoms with Gasteiger partial charge in [-0.1, -0.05) is 30.3 Å². The van der Waals surface area contributed by atoms with Crippen LogP contribution >= 0.6 is 0 Å². The maximum absolute atomic E-state index is 13.0. The fraction of sp³-hybridized carbons (Fsp3) is 0.323. The first-order valence-electron chi connectivity index (χ1n) is 13.1. The average Bonchev–Trinajstić information content (AvgIpc) is 3.47. The van der Waals surface area contributed by atoms with Crippen LogP contribution in [0.4, 0.5) is 4.79 Å². The highest BCUT2D eigenvalue weighted by atomic mass is 16.6. The molecule has 2 heterocycles. The van der Waals surface area contributed by atoms with E-state index in [1.165, 1.54) is 0 Å². The number of hydrogen-bond donors (Lipinski definition) is 0. The molecule has 3 aromatic carbocycles. The Kier molecular flexibility index (Phi) is 6.24. The van der Waals surface area contributed by atoms with Crippen molar-refractivity contribution in [2.24, 2.45) is 5.92 Å². The Morgan fingerprint density at radius 3 is 2.82 bits per heavy atom. The van der Waals surface area contributed by atoms with E-state index in [0.29, 0.717) is 24.6 Å². The summed E-state index contributed by atoms with van der Waals surface area (Å²) in [5.74, 6) is 1.19. The smallest absolute Gasteiger partial charge is 0.410 e. The number of methoxy groups -OCH3 is 1. The fourth-order valence-electron chi connectivity index (χ4n) is 6.07. The molecule has 0 bridgehead atoms. The number of rotatable bonds is 6. The van der Waals surface area contributed by atoms with Crippen LogP contribution in [0.1, 0.15) is 36.8 Å². The van der Waals surface area contributed by atoms with Crippen molar-refractivity contribution in [2.75, 3.05) is 13.7 Å². The summed E-state index contributed by atoms with van der Waals surface area (Å²) in [6, 6.07) is 24.1. The van der Waals surface area contributed by atoms with Crippen LogP contribution in [0.5, 0.6) is 5.75 Å². The topological polar surface area (TPSA) is 80.4 Å². The fourth-order valence-corrected chi connectivity index (χ4v) is 6.07. The number of hydrogen-bond acceptors (Lipinski definition) is 5. The zero-order chi connectivity index (χ0) is 26.1. The first kappa shape index (κ1) is 24.1. The van der Waals surface area contributed by atoms with E-state index in [1.54, 1.807) is 13.2 Å². The molecular weight excluding hydrogens is 476 g/mol. The lowest BCUT2D eigenvalue weighted by Gasteiger charge is -2.36.